The van der Waals surface area contributed by atoms with Crippen LogP contribution in [0.3, 0.4) is 0 Å². The Balaban J connectivity index is 0.915. The quantitative estimate of drug-likeness (QED) is 0.0507. The molecular weight excluding hydrogens is 797 g/mol. The van der Waals surface area contributed by atoms with Crippen molar-refractivity contribution in [1.82, 2.24) is 4.90 Å². The number of nitrogens with zero attached hydrogens (tertiary/aromatic N) is 1. The summed E-state index contributed by atoms with van der Waals surface area (Å²) in [6.45, 7) is 23.8. The molecule has 0 radical (unpaired) electrons. The molecule has 2 nitrogen and oxygen atoms in total. The van der Waals surface area contributed by atoms with Gasteiger partial charge in [-0.25, -0.2) is 0 Å². The first-order valence-corrected chi connectivity index (χ1v) is 30.5. The Morgan fingerprint density at radius 1 is 0.682 bits per heavy atom. The Kier molecular flexibility index (Phi) is 25.6. The first kappa shape index (κ1) is 56.1. The van der Waals surface area contributed by atoms with E-state index < -0.39 is 0 Å². The minimum absolute atomic E-state index is 0.00367. The summed E-state index contributed by atoms with van der Waals surface area (Å²) < 4.78 is 0. The largest absolute Gasteiger partial charge is 0.324 e. The Morgan fingerprint density at radius 2 is 1.29 bits per heavy atom. The Labute approximate surface area is 414 Å². The van der Waals surface area contributed by atoms with Gasteiger partial charge in [0.2, 0.25) is 0 Å². The van der Waals surface area contributed by atoms with Crippen molar-refractivity contribution < 1.29 is 0 Å². The molecule has 0 bridgehead atoms. The SMILES string of the molecule is C=C(CCCCCCCC(CCCCCCCCCC/C=C\CCCCCCCC)CN1CCCCC1)CC1CCC2(C)C(=CCC3C4CCC(C(C)CCCC(C)C)C4(C)CCC32N)C1. The maximum Gasteiger partial charge on any atom is 0.0281 e. The highest BCUT2D eigenvalue weighted by Crippen LogP contribution is 2.68. The lowest BCUT2D eigenvalue weighted by molar-refractivity contribution is -0.0711. The molecule has 9 atom stereocenters. The summed E-state index contributed by atoms with van der Waals surface area (Å²) >= 11 is 0. The highest BCUT2D eigenvalue weighted by molar-refractivity contribution is 5.32. The maximum atomic E-state index is 7.84. The molecule has 382 valence electrons. The van der Waals surface area contributed by atoms with Crippen molar-refractivity contribution in [3.63, 3.8) is 0 Å². The van der Waals surface area contributed by atoms with Crippen molar-refractivity contribution >= 4 is 0 Å². The average Bonchev–Trinajstić information content (AvgIpc) is 3.65. The van der Waals surface area contributed by atoms with Gasteiger partial charge in [0.05, 0.1) is 0 Å². The predicted octanol–water partition coefficient (Wildman–Crippen LogP) is 19.7. The number of hydrogen-bond acceptors (Lipinski definition) is 2. The fourth-order valence-corrected chi connectivity index (χ4v) is 15.7. The molecule has 66 heavy (non-hydrogen) atoms. The van der Waals surface area contributed by atoms with Gasteiger partial charge in [-0.2, -0.15) is 0 Å². The van der Waals surface area contributed by atoms with E-state index in [1.54, 1.807) is 5.57 Å². The molecule has 2 N–H and O–H groups in total. The van der Waals surface area contributed by atoms with E-state index in [-0.39, 0.29) is 11.0 Å². The lowest BCUT2D eigenvalue weighted by atomic mass is 9.43. The Morgan fingerprint density at radius 3 is 1.92 bits per heavy atom. The van der Waals surface area contributed by atoms with Gasteiger partial charge in [0.25, 0.3) is 0 Å². The normalized spacial score (nSPS) is 30.0. The molecule has 2 heteroatoms. The third kappa shape index (κ3) is 17.2. The molecule has 0 spiro atoms. The molecule has 4 fully saturated rings. The van der Waals surface area contributed by atoms with Gasteiger partial charge in [0.1, 0.15) is 0 Å². The van der Waals surface area contributed by atoms with Crippen molar-refractivity contribution in [2.75, 3.05) is 19.6 Å². The molecular formula is C64H116N2. The number of fused-ring (bicyclic) bond motifs is 5. The second-order valence-electron chi connectivity index (χ2n) is 25.6. The fraction of sp³-hybridized carbons (Fsp3) is 0.906. The van der Waals surface area contributed by atoms with Crippen LogP contribution < -0.4 is 5.73 Å². The van der Waals surface area contributed by atoms with Crippen LogP contribution >= 0.6 is 0 Å². The van der Waals surface area contributed by atoms with Crippen molar-refractivity contribution in [1.29, 1.82) is 0 Å². The molecule has 1 saturated heterocycles. The van der Waals surface area contributed by atoms with Gasteiger partial charge in [0, 0.05) is 17.5 Å². The summed E-state index contributed by atoms with van der Waals surface area (Å²) in [5, 5.41) is 0. The zero-order valence-electron chi connectivity index (χ0n) is 45.7. The highest BCUT2D eigenvalue weighted by Gasteiger charge is 2.64. The van der Waals surface area contributed by atoms with Crippen molar-refractivity contribution in [3.8, 4) is 0 Å². The Bertz CT molecular complexity index is 1370. The molecule has 0 aromatic heterocycles. The molecule has 0 aromatic rings. The van der Waals surface area contributed by atoms with E-state index in [9.17, 15) is 0 Å². The first-order chi connectivity index (χ1) is 32.0. The second-order valence-corrected chi connectivity index (χ2v) is 25.6. The van der Waals surface area contributed by atoms with Crippen LogP contribution in [0.1, 0.15) is 292 Å². The van der Waals surface area contributed by atoms with Crippen LogP contribution in [0.4, 0.5) is 0 Å². The number of piperidine rings is 1. The third-order valence-corrected chi connectivity index (χ3v) is 20.1. The summed E-state index contributed by atoms with van der Waals surface area (Å²) in [6, 6.07) is 0. The van der Waals surface area contributed by atoms with Gasteiger partial charge in [0.15, 0.2) is 0 Å². The molecule has 4 aliphatic carbocycles. The molecule has 1 heterocycles. The summed E-state index contributed by atoms with van der Waals surface area (Å²) in [4.78, 5) is 2.83. The number of unbranched alkanes of at least 4 members (excludes halogenated alkanes) is 18. The van der Waals surface area contributed by atoms with Gasteiger partial charge >= 0.3 is 0 Å². The minimum Gasteiger partial charge on any atom is -0.324 e. The van der Waals surface area contributed by atoms with Gasteiger partial charge in [-0.15, -0.1) is 0 Å². The molecule has 1 aliphatic heterocycles. The number of rotatable bonds is 35. The van der Waals surface area contributed by atoms with Crippen LogP contribution in [0.15, 0.2) is 36.0 Å². The van der Waals surface area contributed by atoms with Gasteiger partial charge in [-0.3, -0.25) is 0 Å². The van der Waals surface area contributed by atoms with Crippen LogP contribution in [-0.2, 0) is 0 Å². The predicted molar refractivity (Wildman–Crippen MR) is 293 cm³/mol. The van der Waals surface area contributed by atoms with Crippen LogP contribution in [0.25, 0.3) is 0 Å². The second kappa shape index (κ2) is 30.1. The fourth-order valence-electron chi connectivity index (χ4n) is 15.7. The van der Waals surface area contributed by atoms with Crippen LogP contribution in [0, 0.1) is 52.3 Å². The monoisotopic (exact) mass is 913 g/mol. The van der Waals surface area contributed by atoms with E-state index in [1.807, 2.05) is 0 Å². The van der Waals surface area contributed by atoms with Crippen molar-refractivity contribution in [3.05, 3.63) is 36.0 Å². The summed E-state index contributed by atoms with van der Waals surface area (Å²) in [5.74, 6) is 5.82. The number of hydrogen-bond donors (Lipinski definition) is 1. The molecule has 3 saturated carbocycles. The summed E-state index contributed by atoms with van der Waals surface area (Å²) in [5.41, 5.74) is 11.8. The summed E-state index contributed by atoms with van der Waals surface area (Å²) in [7, 11) is 0. The molecule has 5 rings (SSSR count). The lowest BCUT2D eigenvalue weighted by Crippen LogP contribution is -2.67. The van der Waals surface area contributed by atoms with E-state index in [1.165, 1.54) is 276 Å². The number of nitrogens with two attached hydrogens (primary N) is 1. The number of likely N-dealkylation sites (tertiary alicyclic amines) is 1. The lowest BCUT2D eigenvalue weighted by Gasteiger charge is -2.64. The average molecular weight is 914 g/mol. The van der Waals surface area contributed by atoms with E-state index in [4.69, 9.17) is 5.73 Å². The van der Waals surface area contributed by atoms with Crippen molar-refractivity contribution in [2.24, 2.45) is 58.0 Å². The molecule has 5 aliphatic rings. The van der Waals surface area contributed by atoms with E-state index in [0.717, 1.165) is 35.5 Å². The van der Waals surface area contributed by atoms with E-state index in [0.29, 0.717) is 11.3 Å². The summed E-state index contributed by atoms with van der Waals surface area (Å²) in [6.07, 6.45) is 62.1. The smallest absolute Gasteiger partial charge is 0.0281 e. The van der Waals surface area contributed by atoms with Crippen molar-refractivity contribution in [2.45, 2.75) is 297 Å². The van der Waals surface area contributed by atoms with Crippen LogP contribution in [-0.4, -0.2) is 30.1 Å². The van der Waals surface area contributed by atoms with E-state index in [2.05, 4.69) is 71.2 Å². The van der Waals surface area contributed by atoms with Gasteiger partial charge in [-0.05, 0) is 182 Å². The van der Waals surface area contributed by atoms with Crippen LogP contribution in [0.5, 0.6) is 0 Å². The Hall–Kier alpha value is -0.860. The minimum atomic E-state index is -0.00367. The van der Waals surface area contributed by atoms with Crippen LogP contribution in [0.2, 0.25) is 0 Å². The van der Waals surface area contributed by atoms with E-state index >= 15 is 0 Å². The standard InChI is InChI=1S/C64H116N2/c1-8-9-10-11-12-13-14-15-16-17-18-19-20-21-22-23-26-30-38-56(52-66-48-32-28-33-49-66)39-31-27-24-25-29-36-54(4)50-57-44-45-63(7)58(51-57)40-41-61-60-43-42-59(55(5)37-34-35-53(2)3)62(60,6)46-47-64(61,63)65/h15-16,40,53,55-57,59-61H,4,8-14,17-39,41-52,65H2,1-3,5-7H3/b16-15-. The zero-order chi connectivity index (χ0) is 47.1. The first-order valence-electron chi connectivity index (χ1n) is 30.5. The third-order valence-electron chi connectivity index (χ3n) is 20.1. The molecule has 0 aromatic carbocycles. The maximum absolute atomic E-state index is 7.84. The topological polar surface area (TPSA) is 29.3 Å². The van der Waals surface area contributed by atoms with Gasteiger partial charge < -0.3 is 10.6 Å². The molecule has 9 unspecified atom stereocenters. The molecule has 0 amide bonds. The van der Waals surface area contributed by atoms with Gasteiger partial charge in [-0.1, -0.05) is 206 Å². The zero-order valence-corrected chi connectivity index (χ0v) is 45.7. The number of allylic oxidation sites excluding steroid dienone is 4. The highest BCUT2D eigenvalue weighted by atomic mass is 15.1.